The largest absolute Gasteiger partial charge is 0.504 e. The number of aromatic hydroxyl groups is 2. The van der Waals surface area contributed by atoms with Crippen LogP contribution in [0, 0.1) is 0 Å². The van der Waals surface area contributed by atoms with Crippen molar-refractivity contribution in [1.29, 1.82) is 0 Å². The number of benzene rings is 4. The molecule has 1 aliphatic heterocycles. The molecule has 0 fully saturated rings. The summed E-state index contributed by atoms with van der Waals surface area (Å²) in [5.74, 6) is 0.538. The van der Waals surface area contributed by atoms with E-state index in [4.69, 9.17) is 23.7 Å². The highest BCUT2D eigenvalue weighted by Crippen LogP contribution is 2.51. The summed E-state index contributed by atoms with van der Waals surface area (Å²) >= 11 is 0. The molecular weight excluding hydrogens is 448 g/mol. The van der Waals surface area contributed by atoms with E-state index in [2.05, 4.69) is 0 Å². The first-order chi connectivity index (χ1) is 17.2. The van der Waals surface area contributed by atoms with Gasteiger partial charge in [-0.2, -0.15) is 0 Å². The van der Waals surface area contributed by atoms with Crippen LogP contribution in [0.25, 0.3) is 32.7 Å². The molecular formula is C28H28O7. The summed E-state index contributed by atoms with van der Waals surface area (Å²) in [6, 6.07) is 19.0. The molecule has 5 rings (SSSR count). The van der Waals surface area contributed by atoms with E-state index in [1.54, 1.807) is 12.1 Å². The fraction of sp³-hybridized carbons (Fsp3) is 0.286. The molecule has 4 aromatic carbocycles. The highest BCUT2D eigenvalue weighted by atomic mass is 16.6. The van der Waals surface area contributed by atoms with Crippen LogP contribution < -0.4 is 9.47 Å². The second kappa shape index (κ2) is 10.8. The van der Waals surface area contributed by atoms with E-state index in [0.29, 0.717) is 62.3 Å². The van der Waals surface area contributed by atoms with Gasteiger partial charge >= 0.3 is 0 Å². The Kier molecular flexibility index (Phi) is 7.18. The van der Waals surface area contributed by atoms with Gasteiger partial charge in [0.2, 0.25) is 0 Å². The van der Waals surface area contributed by atoms with Crippen molar-refractivity contribution in [2.45, 2.75) is 0 Å². The van der Waals surface area contributed by atoms with Crippen LogP contribution in [0.3, 0.4) is 0 Å². The van der Waals surface area contributed by atoms with Crippen LogP contribution in [0.1, 0.15) is 0 Å². The Balaban J connectivity index is 1.68. The highest BCUT2D eigenvalue weighted by molar-refractivity contribution is 6.11. The van der Waals surface area contributed by atoms with Gasteiger partial charge in [-0.15, -0.1) is 0 Å². The van der Waals surface area contributed by atoms with Crippen molar-refractivity contribution in [1.82, 2.24) is 0 Å². The average Bonchev–Trinajstić information content (AvgIpc) is 2.87. The molecule has 0 saturated heterocycles. The Morgan fingerprint density at radius 1 is 0.486 bits per heavy atom. The predicted octanol–water partition coefficient (Wildman–Crippen LogP) is 4.89. The summed E-state index contributed by atoms with van der Waals surface area (Å²) in [5.41, 5.74) is 0.974. The van der Waals surface area contributed by atoms with Crippen molar-refractivity contribution in [3.63, 3.8) is 0 Å². The van der Waals surface area contributed by atoms with E-state index < -0.39 is 0 Å². The summed E-state index contributed by atoms with van der Waals surface area (Å²) in [6.45, 7) is 2.99. The van der Waals surface area contributed by atoms with Crippen molar-refractivity contribution in [2.75, 3.05) is 52.9 Å². The average molecular weight is 477 g/mol. The molecule has 7 nitrogen and oxygen atoms in total. The number of hydrogen-bond acceptors (Lipinski definition) is 7. The molecule has 0 unspecified atom stereocenters. The fourth-order valence-electron chi connectivity index (χ4n) is 4.31. The first-order valence-corrected chi connectivity index (χ1v) is 11.7. The van der Waals surface area contributed by atoms with Gasteiger partial charge in [0.25, 0.3) is 0 Å². The molecule has 35 heavy (non-hydrogen) atoms. The molecule has 4 aromatic rings. The lowest BCUT2D eigenvalue weighted by Crippen LogP contribution is -2.14. The van der Waals surface area contributed by atoms with E-state index in [9.17, 15) is 10.2 Å². The normalized spacial score (nSPS) is 16.0. The number of phenols is 2. The second-order valence-corrected chi connectivity index (χ2v) is 8.17. The lowest BCUT2D eigenvalue weighted by molar-refractivity contribution is 0.00483. The molecule has 0 radical (unpaired) electrons. The van der Waals surface area contributed by atoms with Gasteiger partial charge in [0.1, 0.15) is 13.2 Å². The Labute approximate surface area is 203 Å². The van der Waals surface area contributed by atoms with Crippen molar-refractivity contribution in [2.24, 2.45) is 0 Å². The molecule has 7 heteroatoms. The molecule has 0 spiro atoms. The van der Waals surface area contributed by atoms with E-state index in [-0.39, 0.29) is 24.7 Å². The zero-order chi connectivity index (χ0) is 24.0. The SMILES string of the molecule is Oc1c2cc3ccccc3c1-c1c(O)c(cc3ccccc13)OCCOCCOCCOCCO2. The van der Waals surface area contributed by atoms with Crippen LogP contribution in [-0.4, -0.2) is 63.1 Å². The van der Waals surface area contributed by atoms with Gasteiger partial charge < -0.3 is 33.9 Å². The Hall–Kier alpha value is -3.52. The molecule has 4 bridgehead atoms. The van der Waals surface area contributed by atoms with Gasteiger partial charge in [-0.3, -0.25) is 0 Å². The Morgan fingerprint density at radius 2 is 0.857 bits per heavy atom. The van der Waals surface area contributed by atoms with Crippen molar-refractivity contribution in [3.8, 4) is 34.1 Å². The van der Waals surface area contributed by atoms with Gasteiger partial charge in [0.05, 0.1) is 39.6 Å². The van der Waals surface area contributed by atoms with E-state index in [1.165, 1.54) is 0 Å². The number of rotatable bonds is 0. The van der Waals surface area contributed by atoms with Crippen molar-refractivity contribution >= 4 is 21.5 Å². The maximum absolute atomic E-state index is 11.4. The van der Waals surface area contributed by atoms with Crippen LogP contribution >= 0.6 is 0 Å². The smallest absolute Gasteiger partial charge is 0.166 e. The molecule has 1 heterocycles. The number of fused-ring (bicyclic) bond motifs is 9. The lowest BCUT2D eigenvalue weighted by atomic mass is 9.91. The van der Waals surface area contributed by atoms with Crippen LogP contribution in [0.2, 0.25) is 0 Å². The highest BCUT2D eigenvalue weighted by Gasteiger charge is 2.23. The quantitative estimate of drug-likeness (QED) is 0.374. The molecule has 0 amide bonds. The van der Waals surface area contributed by atoms with Crippen LogP contribution in [0.4, 0.5) is 0 Å². The zero-order valence-electron chi connectivity index (χ0n) is 19.4. The van der Waals surface area contributed by atoms with E-state index >= 15 is 0 Å². The second-order valence-electron chi connectivity index (χ2n) is 8.17. The van der Waals surface area contributed by atoms with Crippen LogP contribution in [-0.2, 0) is 14.2 Å². The maximum atomic E-state index is 11.4. The third kappa shape index (κ3) is 4.98. The minimum atomic E-state index is -0.0501. The summed E-state index contributed by atoms with van der Waals surface area (Å²) < 4.78 is 28.5. The summed E-state index contributed by atoms with van der Waals surface area (Å²) in [7, 11) is 0. The third-order valence-electron chi connectivity index (χ3n) is 5.94. The molecule has 0 atom stereocenters. The molecule has 182 valence electrons. The van der Waals surface area contributed by atoms with Gasteiger partial charge in [-0.25, -0.2) is 0 Å². The summed E-state index contributed by atoms with van der Waals surface area (Å²) in [4.78, 5) is 0. The van der Waals surface area contributed by atoms with Gasteiger partial charge in [-0.05, 0) is 33.7 Å². The molecule has 1 aliphatic rings. The van der Waals surface area contributed by atoms with E-state index in [0.717, 1.165) is 21.5 Å². The van der Waals surface area contributed by atoms with Crippen molar-refractivity contribution in [3.05, 3.63) is 60.7 Å². The van der Waals surface area contributed by atoms with Gasteiger partial charge in [-0.1, -0.05) is 48.5 Å². The maximum Gasteiger partial charge on any atom is 0.166 e. The lowest BCUT2D eigenvalue weighted by Gasteiger charge is -2.19. The van der Waals surface area contributed by atoms with Crippen molar-refractivity contribution < 1.29 is 33.9 Å². The van der Waals surface area contributed by atoms with Crippen LogP contribution in [0.15, 0.2) is 60.7 Å². The Morgan fingerprint density at radius 3 is 1.29 bits per heavy atom. The van der Waals surface area contributed by atoms with E-state index in [1.807, 2.05) is 48.5 Å². The summed E-state index contributed by atoms with van der Waals surface area (Å²) in [5, 5.41) is 26.2. The number of ether oxygens (including phenoxy) is 5. The topological polar surface area (TPSA) is 86.6 Å². The molecule has 2 N–H and O–H groups in total. The molecule has 0 aliphatic carbocycles. The predicted molar refractivity (Wildman–Crippen MR) is 134 cm³/mol. The summed E-state index contributed by atoms with van der Waals surface area (Å²) in [6.07, 6.45) is 0. The Bertz CT molecular complexity index is 1220. The number of hydrogen-bond donors (Lipinski definition) is 2. The minimum absolute atomic E-state index is 0.0501. The zero-order valence-corrected chi connectivity index (χ0v) is 19.4. The van der Waals surface area contributed by atoms with Gasteiger partial charge in [0, 0.05) is 11.1 Å². The fourth-order valence-corrected chi connectivity index (χ4v) is 4.31. The molecule has 0 saturated carbocycles. The monoisotopic (exact) mass is 476 g/mol. The third-order valence-corrected chi connectivity index (χ3v) is 5.94. The molecule has 0 aromatic heterocycles. The first-order valence-electron chi connectivity index (χ1n) is 11.7. The van der Waals surface area contributed by atoms with Crippen LogP contribution in [0.5, 0.6) is 23.0 Å². The van der Waals surface area contributed by atoms with Gasteiger partial charge in [0.15, 0.2) is 23.0 Å². The standard InChI is InChI=1S/C28H28O7/c29-27-23-17-19-5-1-3-7-21(19)25(27)26-22-8-4-2-6-20(22)18-24(28(26)30)35-16-14-33-12-10-31-9-11-32-13-15-34-23/h1-8,17-18,29-30H,9-16H2. The minimum Gasteiger partial charge on any atom is -0.504 e. The number of phenolic OH excluding ortho intramolecular Hbond substituents is 2. The first kappa shape index (κ1) is 23.2.